The summed E-state index contributed by atoms with van der Waals surface area (Å²) in [6.07, 6.45) is 0. The lowest BCUT2D eigenvalue weighted by Gasteiger charge is -2.21. The zero-order chi connectivity index (χ0) is 24.8. The number of aryl methyl sites for hydroxylation is 2. The van der Waals surface area contributed by atoms with E-state index < -0.39 is 23.4 Å². The molecule has 1 N–H and O–H groups in total. The molecule has 174 valence electrons. The van der Waals surface area contributed by atoms with Crippen LogP contribution in [0.5, 0.6) is 0 Å². The van der Waals surface area contributed by atoms with E-state index in [1.165, 1.54) is 6.07 Å². The largest absolute Gasteiger partial charge is 0.350 e. The predicted octanol–water partition coefficient (Wildman–Crippen LogP) is 6.28. The average Bonchev–Trinajstić information content (AvgIpc) is 3.01. The highest BCUT2D eigenvalue weighted by atomic mass is 19.2. The van der Waals surface area contributed by atoms with Crippen molar-refractivity contribution in [3.05, 3.63) is 100 Å². The summed E-state index contributed by atoms with van der Waals surface area (Å²) in [4.78, 5) is 28.2. The lowest BCUT2D eigenvalue weighted by molar-refractivity contribution is -0.120. The Morgan fingerprint density at radius 2 is 1.44 bits per heavy atom. The Hall–Kier alpha value is -3.80. The molecule has 0 saturated carbocycles. The number of amides is 2. The molecule has 0 aromatic heterocycles. The van der Waals surface area contributed by atoms with Crippen molar-refractivity contribution in [2.45, 2.75) is 40.0 Å². The number of carbonyl (C=O) groups is 2. The zero-order valence-electron chi connectivity index (χ0n) is 19.8. The van der Waals surface area contributed by atoms with Gasteiger partial charge in [0.05, 0.1) is 11.3 Å². The number of nitrogens with one attached hydrogen (secondary N) is 1. The van der Waals surface area contributed by atoms with Crippen molar-refractivity contribution in [1.29, 1.82) is 0 Å². The molecule has 1 aliphatic rings. The van der Waals surface area contributed by atoms with Crippen LogP contribution in [-0.4, -0.2) is 11.8 Å². The number of rotatable bonds is 4. The van der Waals surface area contributed by atoms with Crippen molar-refractivity contribution in [1.82, 2.24) is 0 Å². The van der Waals surface area contributed by atoms with Crippen molar-refractivity contribution in [2.75, 3.05) is 10.2 Å². The lowest BCUT2D eigenvalue weighted by Crippen LogP contribution is -2.32. The van der Waals surface area contributed by atoms with E-state index in [9.17, 15) is 18.4 Å². The molecular formula is C28H26F2N2O2. The summed E-state index contributed by atoms with van der Waals surface area (Å²) in [6.45, 7) is 10.1. The highest BCUT2D eigenvalue weighted by molar-refractivity contribution is 6.46. The molecule has 0 aliphatic carbocycles. The van der Waals surface area contributed by atoms with Gasteiger partial charge in [0.25, 0.3) is 11.8 Å². The van der Waals surface area contributed by atoms with E-state index in [1.807, 2.05) is 38.1 Å². The van der Waals surface area contributed by atoms with Crippen molar-refractivity contribution in [2.24, 2.45) is 0 Å². The summed E-state index contributed by atoms with van der Waals surface area (Å²) < 4.78 is 27.3. The second kappa shape index (κ2) is 8.52. The Bertz CT molecular complexity index is 1340. The third-order valence-corrected chi connectivity index (χ3v) is 6.06. The standard InChI is InChI=1S/C28H26F2N2O2/c1-16-6-7-18(14-17(16)2)24-25(31-20-10-13-22(29)23(30)15-20)27(34)32(26(24)33)21-11-8-19(9-12-21)28(3,4)5/h6-15,31H,1-5H3. The van der Waals surface area contributed by atoms with Crippen molar-refractivity contribution in [3.63, 3.8) is 0 Å². The van der Waals surface area contributed by atoms with Crippen LogP contribution in [-0.2, 0) is 15.0 Å². The Morgan fingerprint density at radius 3 is 2.03 bits per heavy atom. The fourth-order valence-corrected chi connectivity index (χ4v) is 3.87. The monoisotopic (exact) mass is 460 g/mol. The molecule has 6 heteroatoms. The molecule has 0 spiro atoms. The second-order valence-electron chi connectivity index (χ2n) is 9.55. The predicted molar refractivity (Wildman–Crippen MR) is 130 cm³/mol. The van der Waals surface area contributed by atoms with Crippen LogP contribution in [0.1, 0.15) is 43.0 Å². The minimum Gasteiger partial charge on any atom is -0.350 e. The maximum atomic E-state index is 13.8. The van der Waals surface area contributed by atoms with Gasteiger partial charge >= 0.3 is 0 Å². The van der Waals surface area contributed by atoms with E-state index in [1.54, 1.807) is 18.2 Å². The quantitative estimate of drug-likeness (QED) is 0.467. The molecule has 0 fully saturated rings. The zero-order valence-corrected chi connectivity index (χ0v) is 19.8. The van der Waals surface area contributed by atoms with Crippen molar-refractivity contribution in [3.8, 4) is 0 Å². The lowest BCUT2D eigenvalue weighted by atomic mass is 9.87. The van der Waals surface area contributed by atoms with Crippen molar-refractivity contribution < 1.29 is 18.4 Å². The van der Waals surface area contributed by atoms with Crippen LogP contribution in [0.15, 0.2) is 66.4 Å². The number of hydrogen-bond acceptors (Lipinski definition) is 3. The summed E-state index contributed by atoms with van der Waals surface area (Å²) in [6, 6.07) is 16.0. The van der Waals surface area contributed by atoms with Crippen LogP contribution in [0.4, 0.5) is 20.2 Å². The maximum Gasteiger partial charge on any atom is 0.282 e. The Balaban J connectivity index is 1.81. The summed E-state index contributed by atoms with van der Waals surface area (Å²) in [5, 5.41) is 2.87. The average molecular weight is 461 g/mol. The highest BCUT2D eigenvalue weighted by Gasteiger charge is 2.40. The van der Waals surface area contributed by atoms with E-state index in [0.29, 0.717) is 11.3 Å². The molecule has 1 heterocycles. The van der Waals surface area contributed by atoms with E-state index in [-0.39, 0.29) is 22.4 Å². The first-order chi connectivity index (χ1) is 16.0. The van der Waals surface area contributed by atoms with Gasteiger partial charge in [-0.2, -0.15) is 0 Å². The first-order valence-corrected chi connectivity index (χ1v) is 11.0. The number of halogens is 2. The van der Waals surface area contributed by atoms with E-state index in [4.69, 9.17) is 0 Å². The SMILES string of the molecule is Cc1ccc(C2=C(Nc3ccc(F)c(F)c3)C(=O)N(c3ccc(C(C)(C)C)cc3)C2=O)cc1C. The smallest absolute Gasteiger partial charge is 0.282 e. The van der Waals surface area contributed by atoms with Crippen LogP contribution < -0.4 is 10.2 Å². The van der Waals surface area contributed by atoms with Gasteiger partial charge in [0.15, 0.2) is 11.6 Å². The van der Waals surface area contributed by atoms with Gasteiger partial charge in [0.1, 0.15) is 5.70 Å². The minimum atomic E-state index is -1.05. The summed E-state index contributed by atoms with van der Waals surface area (Å²) >= 11 is 0. The topological polar surface area (TPSA) is 49.4 Å². The molecule has 3 aromatic carbocycles. The molecule has 34 heavy (non-hydrogen) atoms. The third-order valence-electron chi connectivity index (χ3n) is 6.06. The number of imide groups is 1. The van der Waals surface area contributed by atoms with Crippen LogP contribution in [0.25, 0.3) is 5.57 Å². The summed E-state index contributed by atoms with van der Waals surface area (Å²) in [5.41, 5.74) is 4.36. The minimum absolute atomic E-state index is 0.0131. The van der Waals surface area contributed by atoms with Gasteiger partial charge in [-0.1, -0.05) is 51.1 Å². The van der Waals surface area contributed by atoms with Crippen LogP contribution in [0.2, 0.25) is 0 Å². The fraction of sp³-hybridized carbons (Fsp3) is 0.214. The molecular weight excluding hydrogens is 434 g/mol. The molecule has 0 radical (unpaired) electrons. The van der Waals surface area contributed by atoms with E-state index in [2.05, 4.69) is 26.1 Å². The Labute approximate surface area is 197 Å². The van der Waals surface area contributed by atoms with Crippen molar-refractivity contribution >= 4 is 28.8 Å². The molecule has 3 aromatic rings. The van der Waals surface area contributed by atoms with Crippen LogP contribution in [0.3, 0.4) is 0 Å². The second-order valence-corrected chi connectivity index (χ2v) is 9.55. The molecule has 0 saturated heterocycles. The Kier molecular flexibility index (Phi) is 5.86. The highest BCUT2D eigenvalue weighted by Crippen LogP contribution is 2.35. The first kappa shape index (κ1) is 23.4. The number of anilines is 2. The molecule has 2 amide bonds. The van der Waals surface area contributed by atoms with Gasteiger partial charge in [0, 0.05) is 11.8 Å². The van der Waals surface area contributed by atoms with Crippen LogP contribution >= 0.6 is 0 Å². The number of hydrogen-bond donors (Lipinski definition) is 1. The van der Waals surface area contributed by atoms with E-state index in [0.717, 1.165) is 33.7 Å². The molecule has 4 rings (SSSR count). The normalized spacial score (nSPS) is 14.3. The first-order valence-electron chi connectivity index (χ1n) is 11.0. The fourth-order valence-electron chi connectivity index (χ4n) is 3.87. The van der Waals surface area contributed by atoms with Gasteiger partial charge in [-0.15, -0.1) is 0 Å². The number of benzene rings is 3. The van der Waals surface area contributed by atoms with Crippen LogP contribution in [0, 0.1) is 25.5 Å². The van der Waals surface area contributed by atoms with Gasteiger partial charge in [-0.05, 0) is 65.8 Å². The molecule has 1 aliphatic heterocycles. The number of carbonyl (C=O) groups excluding carboxylic acids is 2. The van der Waals surface area contributed by atoms with Gasteiger partial charge < -0.3 is 5.32 Å². The Morgan fingerprint density at radius 1 is 0.765 bits per heavy atom. The summed E-state index contributed by atoms with van der Waals surface area (Å²) in [5.74, 6) is -3.10. The van der Waals surface area contributed by atoms with E-state index >= 15 is 0 Å². The molecule has 0 atom stereocenters. The van der Waals surface area contributed by atoms with Gasteiger partial charge in [-0.3, -0.25) is 9.59 Å². The molecule has 0 bridgehead atoms. The number of nitrogens with zero attached hydrogens (tertiary/aromatic N) is 1. The molecule has 0 unspecified atom stereocenters. The summed E-state index contributed by atoms with van der Waals surface area (Å²) in [7, 11) is 0. The molecule has 4 nitrogen and oxygen atoms in total. The third kappa shape index (κ3) is 4.23. The van der Waals surface area contributed by atoms with Gasteiger partial charge in [-0.25, -0.2) is 13.7 Å². The van der Waals surface area contributed by atoms with Gasteiger partial charge in [0.2, 0.25) is 0 Å². The maximum absolute atomic E-state index is 13.8.